The van der Waals surface area contributed by atoms with Gasteiger partial charge < -0.3 is 9.47 Å². The summed E-state index contributed by atoms with van der Waals surface area (Å²) in [4.78, 5) is 15.8. The minimum Gasteiger partial charge on any atom is -0.487 e. The molecule has 122 valence electrons. The lowest BCUT2D eigenvalue weighted by molar-refractivity contribution is 0.0636. The maximum Gasteiger partial charge on any atom is 0.412 e. The van der Waals surface area contributed by atoms with Crippen molar-refractivity contribution in [3.05, 3.63) is 53.3 Å². The molecular formula is C17H19ClN2O3. The summed E-state index contributed by atoms with van der Waals surface area (Å²) >= 11 is 5.99. The van der Waals surface area contributed by atoms with Crippen molar-refractivity contribution >= 4 is 23.4 Å². The lowest BCUT2D eigenvalue weighted by atomic mass is 10.2. The Morgan fingerprint density at radius 1 is 1.26 bits per heavy atom. The van der Waals surface area contributed by atoms with Gasteiger partial charge in [0.15, 0.2) is 5.15 Å². The second kappa shape index (κ2) is 7.33. The molecule has 1 amide bonds. The summed E-state index contributed by atoms with van der Waals surface area (Å²) in [5, 5.41) is 2.74. The van der Waals surface area contributed by atoms with E-state index in [2.05, 4.69) is 10.3 Å². The van der Waals surface area contributed by atoms with Gasteiger partial charge in [-0.3, -0.25) is 5.32 Å². The van der Waals surface area contributed by atoms with Crippen LogP contribution in [-0.2, 0) is 11.3 Å². The predicted octanol–water partition coefficient (Wildman–Crippen LogP) is 4.66. The molecule has 0 saturated heterocycles. The first-order chi connectivity index (χ1) is 10.8. The van der Waals surface area contributed by atoms with Crippen molar-refractivity contribution in [1.29, 1.82) is 0 Å². The molecule has 0 radical (unpaired) electrons. The highest BCUT2D eigenvalue weighted by atomic mass is 35.5. The Bertz CT molecular complexity index is 669. The summed E-state index contributed by atoms with van der Waals surface area (Å²) < 4.78 is 10.8. The summed E-state index contributed by atoms with van der Waals surface area (Å²) in [5.41, 5.74) is 0.779. The van der Waals surface area contributed by atoms with Crippen LogP contribution in [0.15, 0.2) is 42.6 Å². The van der Waals surface area contributed by atoms with Gasteiger partial charge in [0.25, 0.3) is 0 Å². The van der Waals surface area contributed by atoms with E-state index in [1.807, 2.05) is 30.3 Å². The normalized spacial score (nSPS) is 11.0. The van der Waals surface area contributed by atoms with Crippen molar-refractivity contribution in [1.82, 2.24) is 4.98 Å². The van der Waals surface area contributed by atoms with Crippen LogP contribution in [0.4, 0.5) is 10.5 Å². The van der Waals surface area contributed by atoms with E-state index >= 15 is 0 Å². The predicted molar refractivity (Wildman–Crippen MR) is 89.9 cm³/mol. The first kappa shape index (κ1) is 17.1. The number of halogens is 1. The Labute approximate surface area is 140 Å². The molecule has 1 aromatic heterocycles. The Morgan fingerprint density at radius 3 is 2.61 bits per heavy atom. The number of rotatable bonds is 4. The standard InChI is InChI=1S/C17H19ClN2O3/c1-17(2,3)23-16(21)20-14-9-13(10-19-15(14)18)22-11-12-7-5-4-6-8-12/h4-10H,11H2,1-3H3,(H,20,21). The van der Waals surface area contributed by atoms with Crippen LogP contribution in [0.5, 0.6) is 5.75 Å². The third kappa shape index (κ3) is 5.79. The third-order valence-electron chi connectivity index (χ3n) is 2.70. The molecule has 0 unspecified atom stereocenters. The van der Waals surface area contributed by atoms with E-state index in [1.165, 1.54) is 6.20 Å². The molecule has 0 spiro atoms. The number of nitrogens with one attached hydrogen (secondary N) is 1. The average molecular weight is 335 g/mol. The van der Waals surface area contributed by atoms with Crippen LogP contribution in [0.3, 0.4) is 0 Å². The Balaban J connectivity index is 2.02. The van der Waals surface area contributed by atoms with Gasteiger partial charge in [-0.15, -0.1) is 0 Å². The zero-order valence-corrected chi connectivity index (χ0v) is 14.1. The number of benzene rings is 1. The van der Waals surface area contributed by atoms with Gasteiger partial charge in [-0.05, 0) is 26.3 Å². The number of nitrogens with zero attached hydrogens (tertiary/aromatic N) is 1. The molecule has 1 N–H and O–H groups in total. The second-order valence-electron chi connectivity index (χ2n) is 5.91. The largest absolute Gasteiger partial charge is 0.487 e. The van der Waals surface area contributed by atoms with Gasteiger partial charge in [-0.1, -0.05) is 41.9 Å². The van der Waals surface area contributed by atoms with Crippen LogP contribution < -0.4 is 10.1 Å². The fourth-order valence-corrected chi connectivity index (χ4v) is 1.90. The van der Waals surface area contributed by atoms with Gasteiger partial charge in [0.1, 0.15) is 18.0 Å². The number of anilines is 1. The maximum atomic E-state index is 11.8. The first-order valence-electron chi connectivity index (χ1n) is 7.16. The van der Waals surface area contributed by atoms with Crippen molar-refractivity contribution in [3.63, 3.8) is 0 Å². The van der Waals surface area contributed by atoms with E-state index in [9.17, 15) is 4.79 Å². The Hall–Kier alpha value is -2.27. The molecule has 0 atom stereocenters. The molecule has 0 aliphatic rings. The molecule has 0 aliphatic heterocycles. The highest BCUT2D eigenvalue weighted by Gasteiger charge is 2.17. The molecule has 2 aromatic rings. The number of aromatic nitrogens is 1. The number of carbonyl (C=O) groups excluding carboxylic acids is 1. The molecule has 0 fully saturated rings. The van der Waals surface area contributed by atoms with Gasteiger partial charge in [-0.25, -0.2) is 9.78 Å². The van der Waals surface area contributed by atoms with Crippen LogP contribution in [0, 0.1) is 0 Å². The molecule has 0 aliphatic carbocycles. The molecule has 0 saturated carbocycles. The molecule has 2 rings (SSSR count). The molecule has 1 aromatic carbocycles. The summed E-state index contributed by atoms with van der Waals surface area (Å²) in [6.45, 7) is 5.75. The van der Waals surface area contributed by atoms with E-state index in [1.54, 1.807) is 26.8 Å². The number of ether oxygens (including phenoxy) is 2. The van der Waals surface area contributed by atoms with Crippen molar-refractivity contribution in [3.8, 4) is 5.75 Å². The number of pyridine rings is 1. The summed E-state index contributed by atoms with van der Waals surface area (Å²) in [6, 6.07) is 11.4. The van der Waals surface area contributed by atoms with E-state index in [4.69, 9.17) is 21.1 Å². The van der Waals surface area contributed by atoms with Gasteiger partial charge >= 0.3 is 6.09 Å². The molecule has 23 heavy (non-hydrogen) atoms. The van der Waals surface area contributed by atoms with Crippen LogP contribution in [0.1, 0.15) is 26.3 Å². The van der Waals surface area contributed by atoms with E-state index in [0.29, 0.717) is 18.0 Å². The molecule has 5 nitrogen and oxygen atoms in total. The van der Waals surface area contributed by atoms with Crippen LogP contribution >= 0.6 is 11.6 Å². The number of hydrogen-bond acceptors (Lipinski definition) is 4. The smallest absolute Gasteiger partial charge is 0.412 e. The lowest BCUT2D eigenvalue weighted by Gasteiger charge is -2.20. The highest BCUT2D eigenvalue weighted by Crippen LogP contribution is 2.25. The average Bonchev–Trinajstić information content (AvgIpc) is 2.47. The van der Waals surface area contributed by atoms with Crippen LogP contribution in [0.2, 0.25) is 5.15 Å². The summed E-state index contributed by atoms with van der Waals surface area (Å²) in [6.07, 6.45) is 0.910. The van der Waals surface area contributed by atoms with Crippen molar-refractivity contribution in [2.75, 3.05) is 5.32 Å². The highest BCUT2D eigenvalue weighted by molar-refractivity contribution is 6.32. The molecule has 6 heteroatoms. The maximum absolute atomic E-state index is 11.8. The minimum atomic E-state index is -0.596. The lowest BCUT2D eigenvalue weighted by Crippen LogP contribution is -2.27. The zero-order valence-electron chi connectivity index (χ0n) is 13.3. The quantitative estimate of drug-likeness (QED) is 0.826. The van der Waals surface area contributed by atoms with Crippen molar-refractivity contribution in [2.45, 2.75) is 33.0 Å². The van der Waals surface area contributed by atoms with Crippen molar-refractivity contribution < 1.29 is 14.3 Å². The molecule has 1 heterocycles. The second-order valence-corrected chi connectivity index (χ2v) is 6.27. The van der Waals surface area contributed by atoms with E-state index in [-0.39, 0.29) is 5.15 Å². The first-order valence-corrected chi connectivity index (χ1v) is 7.53. The van der Waals surface area contributed by atoms with E-state index < -0.39 is 11.7 Å². The topological polar surface area (TPSA) is 60.5 Å². The fourth-order valence-electron chi connectivity index (χ4n) is 1.75. The Morgan fingerprint density at radius 2 is 1.96 bits per heavy atom. The fraction of sp³-hybridized carbons (Fsp3) is 0.294. The Kier molecular flexibility index (Phi) is 5.45. The van der Waals surface area contributed by atoms with Gasteiger partial charge in [-0.2, -0.15) is 0 Å². The SMILES string of the molecule is CC(C)(C)OC(=O)Nc1cc(OCc2ccccc2)cnc1Cl. The summed E-state index contributed by atoms with van der Waals surface area (Å²) in [7, 11) is 0. The number of carbonyl (C=O) groups is 1. The van der Waals surface area contributed by atoms with Gasteiger partial charge in [0.2, 0.25) is 0 Å². The van der Waals surface area contributed by atoms with Gasteiger partial charge in [0, 0.05) is 6.07 Å². The van der Waals surface area contributed by atoms with Crippen LogP contribution in [0.25, 0.3) is 0 Å². The van der Waals surface area contributed by atoms with Crippen molar-refractivity contribution in [2.24, 2.45) is 0 Å². The monoisotopic (exact) mass is 334 g/mol. The molecular weight excluding hydrogens is 316 g/mol. The third-order valence-corrected chi connectivity index (χ3v) is 3.00. The van der Waals surface area contributed by atoms with Crippen LogP contribution in [-0.4, -0.2) is 16.7 Å². The minimum absolute atomic E-state index is 0.169. The number of hydrogen-bond donors (Lipinski definition) is 1. The van der Waals surface area contributed by atoms with Gasteiger partial charge in [0.05, 0.1) is 11.9 Å². The summed E-state index contributed by atoms with van der Waals surface area (Å²) in [5.74, 6) is 0.504. The number of amides is 1. The molecule has 0 bridgehead atoms. The van der Waals surface area contributed by atoms with E-state index in [0.717, 1.165) is 5.56 Å². The zero-order chi connectivity index (χ0) is 16.9.